The predicted molar refractivity (Wildman–Crippen MR) is 97.9 cm³/mol. The molecular formula is C20H16N4Zn. The molecule has 1 unspecified atom stereocenters. The summed E-state index contributed by atoms with van der Waals surface area (Å²) in [6, 6.07) is 4.45. The van der Waals surface area contributed by atoms with Gasteiger partial charge < -0.3 is 10.3 Å². The van der Waals surface area contributed by atoms with Crippen molar-refractivity contribution in [3.63, 3.8) is 0 Å². The Morgan fingerprint density at radius 2 is 1.56 bits per heavy atom. The topological polar surface area (TPSA) is 52.5 Å². The van der Waals surface area contributed by atoms with Crippen LogP contribution in [0.3, 0.4) is 0 Å². The van der Waals surface area contributed by atoms with Gasteiger partial charge in [-0.2, -0.15) is 0 Å². The van der Waals surface area contributed by atoms with E-state index in [9.17, 15) is 0 Å². The number of nitrogens with zero attached hydrogens (tertiary/aromatic N) is 2. The van der Waals surface area contributed by atoms with Gasteiger partial charge in [-0.1, -0.05) is 6.08 Å². The fourth-order valence-corrected chi connectivity index (χ4v) is 3.20. The molecule has 0 amide bonds. The van der Waals surface area contributed by atoms with Gasteiger partial charge in [-0.15, -0.1) is 0 Å². The number of rotatable bonds is 0. The molecule has 4 nitrogen and oxygen atoms in total. The summed E-state index contributed by atoms with van der Waals surface area (Å²) >= 11 is 0. The Bertz CT molecular complexity index is 1060. The second kappa shape index (κ2) is 6.42. The number of fused-ring (bicyclic) bond motifs is 6. The van der Waals surface area contributed by atoms with Gasteiger partial charge in [0.2, 0.25) is 0 Å². The normalized spacial score (nSPS) is 22.6. The van der Waals surface area contributed by atoms with E-state index in [1.165, 1.54) is 0 Å². The van der Waals surface area contributed by atoms with E-state index >= 15 is 0 Å². The van der Waals surface area contributed by atoms with Crippen LogP contribution in [0, 0.1) is 0 Å². The van der Waals surface area contributed by atoms with Crippen LogP contribution in [0.4, 0.5) is 0 Å². The van der Waals surface area contributed by atoms with Gasteiger partial charge >= 0.3 is 0 Å². The van der Waals surface area contributed by atoms with Crippen LogP contribution in [0.2, 0.25) is 0 Å². The van der Waals surface area contributed by atoms with Crippen LogP contribution in [0.25, 0.3) is 12.2 Å². The molecule has 5 heterocycles. The maximum Gasteiger partial charge on any atom is 0.0659 e. The van der Waals surface area contributed by atoms with Crippen molar-refractivity contribution >= 4 is 23.6 Å². The second-order valence-corrected chi connectivity index (χ2v) is 6.20. The molecule has 2 N–H and O–H groups in total. The third kappa shape index (κ3) is 3.33. The molecule has 5 rings (SSSR count). The fraction of sp³-hybridized carbons (Fsp3) is 0.100. The van der Waals surface area contributed by atoms with Crippen molar-refractivity contribution in [1.82, 2.24) is 10.3 Å². The smallest absolute Gasteiger partial charge is 0.0659 e. The maximum atomic E-state index is 4.66. The monoisotopic (exact) mass is 376 g/mol. The number of nitrogens with one attached hydrogen (secondary N) is 2. The van der Waals surface area contributed by atoms with Crippen molar-refractivity contribution in [3.8, 4) is 0 Å². The molecule has 4 aliphatic heterocycles. The van der Waals surface area contributed by atoms with Gasteiger partial charge in [0.25, 0.3) is 0 Å². The Morgan fingerprint density at radius 1 is 0.840 bits per heavy atom. The van der Waals surface area contributed by atoms with Crippen molar-refractivity contribution in [2.45, 2.75) is 12.5 Å². The van der Waals surface area contributed by atoms with Gasteiger partial charge in [-0.3, -0.25) is 0 Å². The second-order valence-electron chi connectivity index (χ2n) is 6.20. The van der Waals surface area contributed by atoms with E-state index in [1.807, 2.05) is 24.3 Å². The van der Waals surface area contributed by atoms with Crippen molar-refractivity contribution in [1.29, 1.82) is 0 Å². The molecular weight excluding hydrogens is 362 g/mol. The van der Waals surface area contributed by atoms with Crippen LogP contribution in [-0.2, 0) is 19.5 Å². The Balaban J connectivity index is 0.00000157. The summed E-state index contributed by atoms with van der Waals surface area (Å²) in [7, 11) is 0. The van der Waals surface area contributed by atoms with E-state index in [4.69, 9.17) is 0 Å². The minimum atomic E-state index is 0. The fourth-order valence-electron chi connectivity index (χ4n) is 3.20. The number of allylic oxidation sites excluding steroid dienone is 6. The molecule has 0 aliphatic carbocycles. The van der Waals surface area contributed by atoms with Crippen molar-refractivity contribution < 1.29 is 19.5 Å². The minimum Gasteiger partial charge on any atom is -0.379 e. The first kappa shape index (κ1) is 16.0. The number of aromatic amines is 1. The Hall–Kier alpha value is -2.52. The van der Waals surface area contributed by atoms with Crippen LogP contribution < -0.4 is 16.0 Å². The molecule has 25 heavy (non-hydrogen) atoms. The summed E-state index contributed by atoms with van der Waals surface area (Å²) in [6.07, 6.45) is 19.7. The van der Waals surface area contributed by atoms with Crippen molar-refractivity contribution in [3.05, 3.63) is 82.5 Å². The summed E-state index contributed by atoms with van der Waals surface area (Å²) in [5.74, 6) is 0. The first-order valence-electron chi connectivity index (χ1n) is 8.12. The number of aliphatic imine (C=N–C) groups is 2. The summed E-state index contributed by atoms with van der Waals surface area (Å²) in [6.45, 7) is 0. The zero-order chi connectivity index (χ0) is 15.9. The Kier molecular flexibility index (Phi) is 4.10. The number of aromatic nitrogens is 1. The Labute approximate surface area is 158 Å². The van der Waals surface area contributed by atoms with Gasteiger partial charge in [0, 0.05) is 35.9 Å². The third-order valence-electron chi connectivity index (χ3n) is 4.32. The van der Waals surface area contributed by atoms with Gasteiger partial charge in [-0.25, -0.2) is 9.98 Å². The molecule has 0 saturated heterocycles. The van der Waals surface area contributed by atoms with Gasteiger partial charge in [-0.05, 0) is 67.2 Å². The summed E-state index contributed by atoms with van der Waals surface area (Å²) in [5, 5.41) is 5.66. The van der Waals surface area contributed by atoms with Gasteiger partial charge in [0.1, 0.15) is 0 Å². The van der Waals surface area contributed by atoms with E-state index in [2.05, 4.69) is 62.8 Å². The van der Waals surface area contributed by atoms with Crippen LogP contribution in [-0.4, -0.2) is 22.4 Å². The molecule has 1 atom stereocenters. The molecule has 1 aromatic heterocycles. The zero-order valence-corrected chi connectivity index (χ0v) is 16.7. The van der Waals surface area contributed by atoms with Crippen LogP contribution in [0.5, 0.6) is 0 Å². The molecule has 0 spiro atoms. The quantitative estimate of drug-likeness (QED) is 0.663. The number of hydrogen-bond donors (Lipinski definition) is 2. The minimum absolute atomic E-state index is 0. The first-order chi connectivity index (χ1) is 11.8. The van der Waals surface area contributed by atoms with Crippen LogP contribution in [0.15, 0.2) is 81.7 Å². The van der Waals surface area contributed by atoms with Gasteiger partial charge in [0.15, 0.2) is 0 Å². The van der Waals surface area contributed by atoms with E-state index in [0.717, 1.165) is 45.6 Å². The largest absolute Gasteiger partial charge is 0.379 e. The summed E-state index contributed by atoms with van der Waals surface area (Å²) < 4.78 is 0. The van der Waals surface area contributed by atoms with E-state index in [1.54, 1.807) is 0 Å². The first-order valence-corrected chi connectivity index (χ1v) is 8.12. The van der Waals surface area contributed by atoms with Crippen molar-refractivity contribution in [2.75, 3.05) is 0 Å². The molecule has 0 fully saturated rings. The SMILES string of the molecule is C1=CC2=NC1=CC1CC=C(C=c3ccc([nH]3)=CC3=NC(=C2)C=C3)N1.[Zn]. The molecule has 5 heteroatoms. The zero-order valence-electron chi connectivity index (χ0n) is 13.7. The molecule has 0 aromatic carbocycles. The summed E-state index contributed by atoms with van der Waals surface area (Å²) in [5.41, 5.74) is 4.96. The predicted octanol–water partition coefficient (Wildman–Crippen LogP) is 1.62. The van der Waals surface area contributed by atoms with Crippen LogP contribution >= 0.6 is 0 Å². The molecule has 4 aliphatic rings. The van der Waals surface area contributed by atoms with E-state index in [0.29, 0.717) is 0 Å². The molecule has 1 aromatic rings. The van der Waals surface area contributed by atoms with Gasteiger partial charge in [0.05, 0.1) is 28.9 Å². The number of hydrogen-bond acceptors (Lipinski definition) is 3. The standard InChI is InChI=1S/C20H16N4.Zn/c1-2-14-10-16-5-6-18(23-16)12-20-8-7-19(24-20)11-17-4-3-15(22-17)9-13(1)21-14;/h1-7,9-12,20,22,24H,8H2;. The average molecular weight is 378 g/mol. The van der Waals surface area contributed by atoms with E-state index in [-0.39, 0.29) is 25.5 Å². The average Bonchev–Trinajstić information content (AvgIpc) is 3.32. The molecule has 0 saturated carbocycles. The van der Waals surface area contributed by atoms with Crippen molar-refractivity contribution in [2.24, 2.45) is 9.98 Å². The molecule has 8 bridgehead atoms. The maximum absolute atomic E-state index is 4.66. The molecule has 118 valence electrons. The van der Waals surface area contributed by atoms with E-state index < -0.39 is 0 Å². The number of H-pyrrole nitrogens is 1. The molecule has 0 radical (unpaired) electrons. The van der Waals surface area contributed by atoms with Crippen LogP contribution in [0.1, 0.15) is 6.42 Å². The Morgan fingerprint density at radius 3 is 2.44 bits per heavy atom. The third-order valence-corrected chi connectivity index (χ3v) is 4.32. The summed E-state index contributed by atoms with van der Waals surface area (Å²) in [4.78, 5) is 12.7.